The number of thioether (sulfide) groups is 1. The van der Waals surface area contributed by atoms with Gasteiger partial charge in [0, 0.05) is 13.1 Å². The van der Waals surface area contributed by atoms with E-state index in [1.165, 1.54) is 0 Å². The Bertz CT molecular complexity index is 305. The van der Waals surface area contributed by atoms with Crippen LogP contribution in [0.2, 0.25) is 0 Å². The van der Waals surface area contributed by atoms with Crippen molar-refractivity contribution in [2.75, 3.05) is 19.3 Å². The maximum Gasteiger partial charge on any atom is 0.164 e. The van der Waals surface area contributed by atoms with Gasteiger partial charge in [0.05, 0.1) is 5.69 Å². The van der Waals surface area contributed by atoms with Gasteiger partial charge in [-0.15, -0.1) is 0 Å². The fraction of sp³-hybridized carbons (Fsp3) is 0.417. The van der Waals surface area contributed by atoms with Crippen LogP contribution < -0.4 is 0 Å². The molecule has 0 radical (unpaired) electrons. The van der Waals surface area contributed by atoms with Crippen LogP contribution in [-0.4, -0.2) is 29.4 Å². The highest BCUT2D eigenvalue weighted by atomic mass is 32.2. The van der Waals surface area contributed by atoms with Crippen molar-refractivity contribution >= 4 is 22.6 Å². The fourth-order valence-corrected chi connectivity index (χ4v) is 2.07. The molecule has 0 aliphatic carbocycles. The predicted octanol–water partition coefficient (Wildman–Crippen LogP) is 3.38. The van der Waals surface area contributed by atoms with E-state index in [4.69, 9.17) is 0 Å². The van der Waals surface area contributed by atoms with Crippen LogP contribution in [0.25, 0.3) is 0 Å². The predicted molar refractivity (Wildman–Crippen MR) is 70.0 cm³/mol. The number of hydrogen-bond acceptors (Lipinski definition) is 2. The minimum Gasteiger partial charge on any atom is -0.352 e. The summed E-state index contributed by atoms with van der Waals surface area (Å²) < 4.78 is 0. The van der Waals surface area contributed by atoms with Crippen LogP contribution in [0.4, 0.5) is 5.69 Å². The van der Waals surface area contributed by atoms with E-state index < -0.39 is 0 Å². The van der Waals surface area contributed by atoms with Gasteiger partial charge in [0.25, 0.3) is 0 Å². The molecular weight excluding hydrogens is 204 g/mol. The molecule has 0 aliphatic heterocycles. The van der Waals surface area contributed by atoms with Gasteiger partial charge in [0.1, 0.15) is 0 Å². The van der Waals surface area contributed by atoms with Gasteiger partial charge in [-0.25, -0.2) is 4.99 Å². The molecule has 0 fully saturated rings. The van der Waals surface area contributed by atoms with Crippen molar-refractivity contribution in [3.63, 3.8) is 0 Å². The van der Waals surface area contributed by atoms with Crippen LogP contribution in [0.3, 0.4) is 0 Å². The normalized spacial score (nSPS) is 11.5. The second kappa shape index (κ2) is 6.51. The second-order valence-electron chi connectivity index (χ2n) is 3.11. The smallest absolute Gasteiger partial charge is 0.164 e. The third-order valence-electron chi connectivity index (χ3n) is 2.20. The second-order valence-corrected chi connectivity index (χ2v) is 3.88. The summed E-state index contributed by atoms with van der Waals surface area (Å²) in [5.74, 6) is 0. The molecule has 3 heteroatoms. The molecule has 0 N–H and O–H groups in total. The lowest BCUT2D eigenvalue weighted by molar-refractivity contribution is 0.475. The number of nitrogens with zero attached hydrogens (tertiary/aromatic N) is 2. The first-order valence-electron chi connectivity index (χ1n) is 5.24. The number of hydrogen-bond donors (Lipinski definition) is 0. The van der Waals surface area contributed by atoms with Crippen LogP contribution in [-0.2, 0) is 0 Å². The summed E-state index contributed by atoms with van der Waals surface area (Å²) >= 11 is 1.70. The van der Waals surface area contributed by atoms with E-state index in [-0.39, 0.29) is 0 Å². The Morgan fingerprint density at radius 1 is 1.20 bits per heavy atom. The molecule has 82 valence electrons. The Morgan fingerprint density at radius 3 is 2.27 bits per heavy atom. The van der Waals surface area contributed by atoms with Crippen molar-refractivity contribution in [3.8, 4) is 0 Å². The topological polar surface area (TPSA) is 15.6 Å². The van der Waals surface area contributed by atoms with Gasteiger partial charge in [-0.1, -0.05) is 30.0 Å². The van der Waals surface area contributed by atoms with E-state index in [9.17, 15) is 0 Å². The molecule has 15 heavy (non-hydrogen) atoms. The van der Waals surface area contributed by atoms with Gasteiger partial charge >= 0.3 is 0 Å². The fourth-order valence-electron chi connectivity index (χ4n) is 1.35. The SMILES string of the molecule is CCN(CC)C(=Nc1ccccc1)SC. The first-order valence-corrected chi connectivity index (χ1v) is 6.47. The lowest BCUT2D eigenvalue weighted by Gasteiger charge is -2.21. The highest BCUT2D eigenvalue weighted by Gasteiger charge is 2.05. The molecule has 0 unspecified atom stereocenters. The number of aliphatic imine (C=N–C) groups is 1. The molecular formula is C12H18N2S. The van der Waals surface area contributed by atoms with E-state index in [0.717, 1.165) is 23.9 Å². The van der Waals surface area contributed by atoms with Crippen molar-refractivity contribution in [2.24, 2.45) is 4.99 Å². The zero-order chi connectivity index (χ0) is 11.1. The van der Waals surface area contributed by atoms with Crippen LogP contribution in [0.5, 0.6) is 0 Å². The highest BCUT2D eigenvalue weighted by molar-refractivity contribution is 8.13. The molecule has 0 amide bonds. The zero-order valence-corrected chi connectivity index (χ0v) is 10.4. The number of benzene rings is 1. The molecule has 1 aromatic carbocycles. The number of rotatable bonds is 3. The van der Waals surface area contributed by atoms with Crippen molar-refractivity contribution in [3.05, 3.63) is 30.3 Å². The van der Waals surface area contributed by atoms with Crippen LogP contribution in [0.15, 0.2) is 35.3 Å². The molecule has 0 saturated heterocycles. The molecule has 1 aromatic rings. The largest absolute Gasteiger partial charge is 0.352 e. The van der Waals surface area contributed by atoms with Gasteiger partial charge in [-0.3, -0.25) is 0 Å². The van der Waals surface area contributed by atoms with Crippen molar-refractivity contribution in [2.45, 2.75) is 13.8 Å². The lowest BCUT2D eigenvalue weighted by atomic mass is 10.3. The Balaban J connectivity index is 2.86. The average molecular weight is 222 g/mol. The Morgan fingerprint density at radius 2 is 1.80 bits per heavy atom. The summed E-state index contributed by atoms with van der Waals surface area (Å²) in [5.41, 5.74) is 1.02. The van der Waals surface area contributed by atoms with Gasteiger partial charge in [0.15, 0.2) is 5.17 Å². The molecule has 2 nitrogen and oxygen atoms in total. The lowest BCUT2D eigenvalue weighted by Crippen LogP contribution is -2.27. The maximum absolute atomic E-state index is 4.62. The summed E-state index contributed by atoms with van der Waals surface area (Å²) in [7, 11) is 0. The van der Waals surface area contributed by atoms with Gasteiger partial charge in [0.2, 0.25) is 0 Å². The minimum absolute atomic E-state index is 1.00. The van der Waals surface area contributed by atoms with Crippen LogP contribution >= 0.6 is 11.8 Å². The minimum atomic E-state index is 1.00. The van der Waals surface area contributed by atoms with E-state index in [0.29, 0.717) is 0 Å². The molecule has 0 aliphatic rings. The quantitative estimate of drug-likeness (QED) is 0.575. The van der Waals surface area contributed by atoms with Gasteiger partial charge in [-0.2, -0.15) is 0 Å². The van der Waals surface area contributed by atoms with Crippen LogP contribution in [0, 0.1) is 0 Å². The Labute approximate surface area is 96.4 Å². The van der Waals surface area contributed by atoms with E-state index in [1.807, 2.05) is 30.3 Å². The number of amidine groups is 1. The van der Waals surface area contributed by atoms with Crippen molar-refractivity contribution in [1.29, 1.82) is 0 Å². The van der Waals surface area contributed by atoms with E-state index in [1.54, 1.807) is 11.8 Å². The summed E-state index contributed by atoms with van der Waals surface area (Å²) in [4.78, 5) is 6.89. The summed E-state index contributed by atoms with van der Waals surface area (Å²) in [6.07, 6.45) is 2.07. The van der Waals surface area contributed by atoms with Gasteiger partial charge in [-0.05, 0) is 32.2 Å². The molecule has 0 atom stereocenters. The highest BCUT2D eigenvalue weighted by Crippen LogP contribution is 2.15. The number of para-hydroxylation sites is 1. The summed E-state index contributed by atoms with van der Waals surface area (Å²) in [6, 6.07) is 10.1. The summed E-state index contributed by atoms with van der Waals surface area (Å²) in [5, 5.41) is 1.09. The monoisotopic (exact) mass is 222 g/mol. The first kappa shape index (κ1) is 12.1. The third kappa shape index (κ3) is 3.59. The molecule has 0 spiro atoms. The zero-order valence-electron chi connectivity index (χ0n) is 9.60. The van der Waals surface area contributed by atoms with Crippen molar-refractivity contribution in [1.82, 2.24) is 4.90 Å². The van der Waals surface area contributed by atoms with Gasteiger partial charge < -0.3 is 4.90 Å². The summed E-state index contributed by atoms with van der Waals surface area (Å²) in [6.45, 7) is 6.31. The molecule has 0 heterocycles. The standard InChI is InChI=1S/C12H18N2S/c1-4-14(5-2)12(15-3)13-11-9-7-6-8-10-11/h6-10H,4-5H2,1-3H3. The van der Waals surface area contributed by atoms with E-state index in [2.05, 4.69) is 30.0 Å². The van der Waals surface area contributed by atoms with Crippen molar-refractivity contribution < 1.29 is 0 Å². The Hall–Kier alpha value is -0.960. The molecule has 0 aromatic heterocycles. The van der Waals surface area contributed by atoms with E-state index >= 15 is 0 Å². The average Bonchev–Trinajstić information content (AvgIpc) is 2.30. The molecule has 0 saturated carbocycles. The first-order chi connectivity index (χ1) is 7.31. The molecule has 0 bridgehead atoms. The third-order valence-corrected chi connectivity index (χ3v) is 2.91. The molecule has 1 rings (SSSR count). The Kier molecular flexibility index (Phi) is 5.26. The van der Waals surface area contributed by atoms with Crippen LogP contribution in [0.1, 0.15) is 13.8 Å². The maximum atomic E-state index is 4.62.